The second-order valence-corrected chi connectivity index (χ2v) is 7.06. The summed E-state index contributed by atoms with van der Waals surface area (Å²) in [6.07, 6.45) is 2.14. The van der Waals surface area contributed by atoms with Crippen LogP contribution in [0.3, 0.4) is 0 Å². The lowest BCUT2D eigenvalue weighted by Gasteiger charge is -2.10. The van der Waals surface area contributed by atoms with Crippen LogP contribution in [0.25, 0.3) is 11.0 Å². The van der Waals surface area contributed by atoms with Crippen LogP contribution >= 0.6 is 11.3 Å². The Balaban J connectivity index is 1.53. The van der Waals surface area contributed by atoms with E-state index in [-0.39, 0.29) is 17.9 Å². The lowest BCUT2D eigenvalue weighted by Crippen LogP contribution is -2.18. The number of nitrogens with one attached hydrogen (secondary N) is 2. The Bertz CT molecular complexity index is 850. The molecule has 3 aromatic rings. The Morgan fingerprint density at radius 3 is 3.12 bits per heavy atom. The number of nitrogens with zero attached hydrogens (tertiary/aromatic N) is 1. The number of hydrogen-bond acceptors (Lipinski definition) is 4. The number of aromatic amines is 1. The second kappa shape index (κ2) is 6.37. The highest BCUT2D eigenvalue weighted by molar-refractivity contribution is 7.10. The predicted molar refractivity (Wildman–Crippen MR) is 95.4 cm³/mol. The second-order valence-electron chi connectivity index (χ2n) is 6.08. The molecular formula is C18H19N3O2S. The van der Waals surface area contributed by atoms with E-state index in [1.165, 1.54) is 0 Å². The first kappa shape index (κ1) is 15.4. The minimum absolute atomic E-state index is 0.00401. The fourth-order valence-electron chi connectivity index (χ4n) is 2.97. The molecule has 0 aliphatic carbocycles. The van der Waals surface area contributed by atoms with Gasteiger partial charge >= 0.3 is 0 Å². The van der Waals surface area contributed by atoms with Gasteiger partial charge in [0.05, 0.1) is 17.0 Å². The first-order chi connectivity index (χ1) is 11.7. The zero-order chi connectivity index (χ0) is 16.5. The van der Waals surface area contributed by atoms with Gasteiger partial charge in [-0.25, -0.2) is 4.98 Å². The number of H-pyrrole nitrogens is 1. The van der Waals surface area contributed by atoms with E-state index in [1.807, 2.05) is 42.6 Å². The summed E-state index contributed by atoms with van der Waals surface area (Å²) in [7, 11) is 0. The largest absolute Gasteiger partial charge is 0.370 e. The lowest BCUT2D eigenvalue weighted by molar-refractivity contribution is -0.117. The highest BCUT2D eigenvalue weighted by Gasteiger charge is 2.21. The van der Waals surface area contributed by atoms with Crippen molar-refractivity contribution in [1.29, 1.82) is 0 Å². The Kier molecular flexibility index (Phi) is 4.08. The van der Waals surface area contributed by atoms with Crippen LogP contribution in [0.1, 0.15) is 42.5 Å². The summed E-state index contributed by atoms with van der Waals surface area (Å²) in [6.45, 7) is 2.72. The number of imidazole rings is 1. The average Bonchev–Trinajstić information content (AvgIpc) is 3.32. The Labute approximate surface area is 144 Å². The first-order valence-electron chi connectivity index (χ1n) is 8.16. The Morgan fingerprint density at radius 1 is 1.46 bits per heavy atom. The summed E-state index contributed by atoms with van der Waals surface area (Å²) in [6, 6.07) is 9.70. The fraction of sp³-hybridized carbons (Fsp3) is 0.333. The molecule has 1 aliphatic rings. The van der Waals surface area contributed by atoms with Crippen LogP contribution in [0.4, 0.5) is 5.69 Å². The van der Waals surface area contributed by atoms with Crippen LogP contribution in [0.15, 0.2) is 35.7 Å². The summed E-state index contributed by atoms with van der Waals surface area (Å²) in [4.78, 5) is 21.4. The van der Waals surface area contributed by atoms with E-state index >= 15 is 0 Å². The normalized spacial score (nSPS) is 18.8. The number of hydrogen-bond donors (Lipinski definition) is 2. The molecule has 0 saturated carbocycles. The van der Waals surface area contributed by atoms with Gasteiger partial charge in [-0.1, -0.05) is 6.07 Å². The van der Waals surface area contributed by atoms with Crippen molar-refractivity contribution in [1.82, 2.24) is 9.97 Å². The van der Waals surface area contributed by atoms with Crippen LogP contribution in [0.2, 0.25) is 0 Å². The molecule has 1 aliphatic heterocycles. The van der Waals surface area contributed by atoms with Crippen LogP contribution in [-0.2, 0) is 9.53 Å². The summed E-state index contributed by atoms with van der Waals surface area (Å²) < 4.78 is 5.67. The summed E-state index contributed by atoms with van der Waals surface area (Å²) in [5.74, 6) is 0.707. The highest BCUT2D eigenvalue weighted by Crippen LogP contribution is 2.29. The molecular weight excluding hydrogens is 322 g/mol. The van der Waals surface area contributed by atoms with Gasteiger partial charge in [-0.15, -0.1) is 11.3 Å². The van der Waals surface area contributed by atoms with E-state index in [4.69, 9.17) is 4.74 Å². The third-order valence-electron chi connectivity index (χ3n) is 4.37. The van der Waals surface area contributed by atoms with E-state index in [1.54, 1.807) is 11.3 Å². The third-order valence-corrected chi connectivity index (χ3v) is 5.42. The quantitative estimate of drug-likeness (QED) is 0.747. The van der Waals surface area contributed by atoms with E-state index < -0.39 is 0 Å². The van der Waals surface area contributed by atoms with Gasteiger partial charge in [-0.2, -0.15) is 0 Å². The van der Waals surface area contributed by atoms with E-state index in [0.29, 0.717) is 0 Å². The number of thiophene rings is 1. The van der Waals surface area contributed by atoms with Crippen molar-refractivity contribution in [3.05, 3.63) is 46.4 Å². The maximum atomic E-state index is 12.4. The average molecular weight is 341 g/mol. The topological polar surface area (TPSA) is 67.0 Å². The molecule has 124 valence electrons. The SMILES string of the molecule is C[C@H](C(=O)Nc1ccc2nc([C@H]3CCCO3)[nH]c2c1)c1cccs1. The zero-order valence-corrected chi connectivity index (χ0v) is 14.2. The van der Waals surface area contributed by atoms with Gasteiger partial charge in [0, 0.05) is 17.2 Å². The molecule has 24 heavy (non-hydrogen) atoms. The molecule has 0 bridgehead atoms. The summed E-state index contributed by atoms with van der Waals surface area (Å²) in [5.41, 5.74) is 2.59. The molecule has 5 nitrogen and oxygen atoms in total. The summed E-state index contributed by atoms with van der Waals surface area (Å²) in [5, 5.41) is 4.98. The molecule has 3 heterocycles. The number of carbonyl (C=O) groups is 1. The van der Waals surface area contributed by atoms with E-state index in [9.17, 15) is 4.79 Å². The minimum Gasteiger partial charge on any atom is -0.370 e. The fourth-order valence-corrected chi connectivity index (χ4v) is 3.75. The van der Waals surface area contributed by atoms with Crippen molar-refractivity contribution in [2.24, 2.45) is 0 Å². The first-order valence-corrected chi connectivity index (χ1v) is 9.04. The van der Waals surface area contributed by atoms with Gasteiger partial charge < -0.3 is 15.0 Å². The summed E-state index contributed by atoms with van der Waals surface area (Å²) >= 11 is 1.60. The van der Waals surface area contributed by atoms with Crippen molar-refractivity contribution in [3.63, 3.8) is 0 Å². The van der Waals surface area contributed by atoms with Gasteiger partial charge in [-0.3, -0.25) is 4.79 Å². The predicted octanol–water partition coefficient (Wildman–Crippen LogP) is 4.22. The van der Waals surface area contributed by atoms with Gasteiger partial charge in [0.2, 0.25) is 5.91 Å². The molecule has 1 amide bonds. The van der Waals surface area contributed by atoms with Gasteiger partial charge in [0.25, 0.3) is 0 Å². The third kappa shape index (κ3) is 2.95. The smallest absolute Gasteiger partial charge is 0.232 e. The molecule has 1 fully saturated rings. The van der Waals surface area contributed by atoms with Crippen molar-refractivity contribution in [2.45, 2.75) is 31.8 Å². The number of rotatable bonds is 4. The molecule has 0 unspecified atom stereocenters. The van der Waals surface area contributed by atoms with E-state index in [2.05, 4.69) is 15.3 Å². The number of fused-ring (bicyclic) bond motifs is 1. The van der Waals surface area contributed by atoms with Gasteiger partial charge in [0.1, 0.15) is 11.9 Å². The highest BCUT2D eigenvalue weighted by atomic mass is 32.1. The maximum absolute atomic E-state index is 12.4. The monoisotopic (exact) mass is 341 g/mol. The van der Waals surface area contributed by atoms with Crippen molar-refractivity contribution >= 4 is 34.0 Å². The number of benzene rings is 1. The molecule has 2 atom stereocenters. The van der Waals surface area contributed by atoms with Crippen LogP contribution in [0.5, 0.6) is 0 Å². The number of aromatic nitrogens is 2. The zero-order valence-electron chi connectivity index (χ0n) is 13.4. The molecule has 2 aromatic heterocycles. The van der Waals surface area contributed by atoms with Crippen molar-refractivity contribution in [3.8, 4) is 0 Å². The van der Waals surface area contributed by atoms with Crippen LogP contribution in [0, 0.1) is 0 Å². The number of ether oxygens (including phenoxy) is 1. The van der Waals surface area contributed by atoms with Crippen LogP contribution < -0.4 is 5.32 Å². The maximum Gasteiger partial charge on any atom is 0.232 e. The van der Waals surface area contributed by atoms with Crippen molar-refractivity contribution < 1.29 is 9.53 Å². The molecule has 1 saturated heterocycles. The van der Waals surface area contributed by atoms with Crippen LogP contribution in [-0.4, -0.2) is 22.5 Å². The minimum atomic E-state index is -0.162. The number of amides is 1. The number of carbonyl (C=O) groups excluding carboxylic acids is 1. The lowest BCUT2D eigenvalue weighted by atomic mass is 10.1. The van der Waals surface area contributed by atoms with Gasteiger partial charge in [-0.05, 0) is 49.4 Å². The molecule has 4 rings (SSSR count). The molecule has 0 spiro atoms. The molecule has 6 heteroatoms. The molecule has 0 radical (unpaired) electrons. The Hall–Kier alpha value is -2.18. The number of anilines is 1. The molecule has 1 aromatic carbocycles. The Morgan fingerprint density at radius 2 is 2.38 bits per heavy atom. The van der Waals surface area contributed by atoms with E-state index in [0.717, 1.165) is 46.9 Å². The standard InChI is InChI=1S/C18H19N3O2S/c1-11(16-5-3-9-24-16)18(22)19-12-6-7-13-14(10-12)21-17(20-13)15-4-2-8-23-15/h3,5-7,9-11,15H,2,4,8H2,1H3,(H,19,22)(H,20,21)/t11-,15+/m0/s1. The van der Waals surface area contributed by atoms with Crippen molar-refractivity contribution in [2.75, 3.05) is 11.9 Å². The molecule has 2 N–H and O–H groups in total. The van der Waals surface area contributed by atoms with Gasteiger partial charge in [0.15, 0.2) is 0 Å².